The number of hydrogen-bond acceptors (Lipinski definition) is 2. The van der Waals surface area contributed by atoms with Crippen LogP contribution in [0.4, 0.5) is 0 Å². The second-order valence-electron chi connectivity index (χ2n) is 5.78. The summed E-state index contributed by atoms with van der Waals surface area (Å²) in [6, 6.07) is 7.61. The Labute approximate surface area is 118 Å². The summed E-state index contributed by atoms with van der Waals surface area (Å²) in [7, 11) is 0. The van der Waals surface area contributed by atoms with E-state index in [1.54, 1.807) is 0 Å². The van der Waals surface area contributed by atoms with Crippen LogP contribution in [0, 0.1) is 17.8 Å². The highest BCUT2D eigenvalue weighted by Crippen LogP contribution is 2.47. The highest BCUT2D eigenvalue weighted by atomic mass is 35.5. The molecular weight excluding hydrogens is 260 g/mol. The van der Waals surface area contributed by atoms with Gasteiger partial charge in [0.15, 0.2) is 0 Å². The summed E-state index contributed by atoms with van der Waals surface area (Å²) >= 11 is 5.84. The van der Waals surface area contributed by atoms with Crippen LogP contribution in [0.3, 0.4) is 0 Å². The van der Waals surface area contributed by atoms with Gasteiger partial charge in [0.25, 0.3) is 0 Å². The van der Waals surface area contributed by atoms with Gasteiger partial charge in [0.1, 0.15) is 0 Å². The Balaban J connectivity index is 1.58. The monoisotopic (exact) mass is 278 g/mol. The molecule has 2 bridgehead atoms. The SMILES string of the molecule is NC1C2CCC(C2)C1C(=O)NCc1ccc(Cl)cc1. The van der Waals surface area contributed by atoms with Gasteiger partial charge in [-0.15, -0.1) is 0 Å². The lowest BCUT2D eigenvalue weighted by molar-refractivity contribution is -0.127. The topological polar surface area (TPSA) is 55.1 Å². The molecule has 2 aliphatic carbocycles. The van der Waals surface area contributed by atoms with Crippen molar-refractivity contribution in [3.8, 4) is 0 Å². The number of hydrogen-bond donors (Lipinski definition) is 2. The van der Waals surface area contributed by atoms with E-state index in [0.29, 0.717) is 23.4 Å². The molecule has 0 heterocycles. The number of halogens is 1. The van der Waals surface area contributed by atoms with E-state index in [9.17, 15) is 4.79 Å². The molecule has 4 heteroatoms. The molecule has 4 unspecified atom stereocenters. The molecule has 0 saturated heterocycles. The molecule has 2 saturated carbocycles. The normalized spacial score (nSPS) is 32.5. The first-order chi connectivity index (χ1) is 9.15. The van der Waals surface area contributed by atoms with Gasteiger partial charge in [-0.05, 0) is 48.8 Å². The van der Waals surface area contributed by atoms with Gasteiger partial charge < -0.3 is 11.1 Å². The van der Waals surface area contributed by atoms with Gasteiger partial charge in [-0.3, -0.25) is 4.79 Å². The van der Waals surface area contributed by atoms with Crippen LogP contribution in [0.1, 0.15) is 24.8 Å². The summed E-state index contributed by atoms with van der Waals surface area (Å²) in [5, 5.41) is 3.73. The van der Waals surface area contributed by atoms with E-state index < -0.39 is 0 Å². The number of carbonyl (C=O) groups is 1. The first kappa shape index (κ1) is 12.9. The minimum absolute atomic E-state index is 0.0195. The summed E-state index contributed by atoms with van der Waals surface area (Å²) in [6.45, 7) is 0.552. The van der Waals surface area contributed by atoms with E-state index in [-0.39, 0.29) is 17.9 Å². The van der Waals surface area contributed by atoms with Crippen LogP contribution in [0.2, 0.25) is 5.02 Å². The minimum atomic E-state index is 0.0195. The van der Waals surface area contributed by atoms with Crippen molar-refractivity contribution in [2.45, 2.75) is 31.8 Å². The molecule has 2 fully saturated rings. The maximum atomic E-state index is 12.3. The zero-order valence-corrected chi connectivity index (χ0v) is 11.6. The summed E-state index contributed by atoms with van der Waals surface area (Å²) in [6.07, 6.45) is 3.50. The number of nitrogens with one attached hydrogen (secondary N) is 1. The first-order valence-corrected chi connectivity index (χ1v) is 7.30. The standard InChI is InChI=1S/C15H19ClN2O/c16-12-5-1-9(2-6-12)8-18-15(19)13-10-3-4-11(7-10)14(13)17/h1-2,5-6,10-11,13-14H,3-4,7-8,17H2,(H,18,19). The highest BCUT2D eigenvalue weighted by Gasteiger charge is 2.48. The van der Waals surface area contributed by atoms with Crippen molar-refractivity contribution in [3.63, 3.8) is 0 Å². The molecule has 1 aromatic carbocycles. The number of carbonyl (C=O) groups excluding carboxylic acids is 1. The molecule has 19 heavy (non-hydrogen) atoms. The molecule has 0 radical (unpaired) electrons. The van der Waals surface area contributed by atoms with Crippen LogP contribution in [-0.4, -0.2) is 11.9 Å². The Morgan fingerprint density at radius 2 is 1.95 bits per heavy atom. The quantitative estimate of drug-likeness (QED) is 0.892. The first-order valence-electron chi connectivity index (χ1n) is 6.93. The van der Waals surface area contributed by atoms with E-state index in [1.165, 1.54) is 6.42 Å². The predicted octanol–water partition coefficient (Wildman–Crippen LogP) is 2.33. The highest BCUT2D eigenvalue weighted by molar-refractivity contribution is 6.30. The van der Waals surface area contributed by atoms with Crippen LogP contribution in [0.15, 0.2) is 24.3 Å². The zero-order valence-electron chi connectivity index (χ0n) is 10.8. The van der Waals surface area contributed by atoms with Crippen LogP contribution >= 0.6 is 11.6 Å². The third-order valence-electron chi connectivity index (χ3n) is 4.66. The molecule has 1 amide bonds. The van der Waals surface area contributed by atoms with Gasteiger partial charge in [0, 0.05) is 17.6 Å². The van der Waals surface area contributed by atoms with E-state index in [1.807, 2.05) is 24.3 Å². The Hall–Kier alpha value is -1.06. The number of benzene rings is 1. The lowest BCUT2D eigenvalue weighted by Gasteiger charge is -2.27. The van der Waals surface area contributed by atoms with Crippen molar-refractivity contribution in [2.75, 3.05) is 0 Å². The molecule has 2 aliphatic rings. The third kappa shape index (κ3) is 2.49. The molecule has 3 N–H and O–H groups in total. The van der Waals surface area contributed by atoms with Gasteiger partial charge >= 0.3 is 0 Å². The van der Waals surface area contributed by atoms with Crippen molar-refractivity contribution in [1.82, 2.24) is 5.32 Å². The smallest absolute Gasteiger partial charge is 0.225 e. The molecule has 3 nitrogen and oxygen atoms in total. The third-order valence-corrected chi connectivity index (χ3v) is 4.92. The molecule has 0 spiro atoms. The lowest BCUT2D eigenvalue weighted by Crippen LogP contribution is -2.45. The largest absolute Gasteiger partial charge is 0.352 e. The lowest BCUT2D eigenvalue weighted by atomic mass is 9.84. The molecule has 102 valence electrons. The number of amides is 1. The summed E-state index contributed by atoms with van der Waals surface area (Å²) < 4.78 is 0. The minimum Gasteiger partial charge on any atom is -0.352 e. The molecule has 4 atom stereocenters. The summed E-state index contributed by atoms with van der Waals surface area (Å²) in [4.78, 5) is 12.3. The Morgan fingerprint density at radius 3 is 2.58 bits per heavy atom. The second-order valence-corrected chi connectivity index (χ2v) is 6.22. The van der Waals surface area contributed by atoms with Crippen LogP contribution < -0.4 is 11.1 Å². The van der Waals surface area contributed by atoms with Crippen LogP contribution in [0.25, 0.3) is 0 Å². The van der Waals surface area contributed by atoms with Crippen molar-refractivity contribution >= 4 is 17.5 Å². The summed E-state index contributed by atoms with van der Waals surface area (Å²) in [5.41, 5.74) is 7.24. The second kappa shape index (κ2) is 5.14. The maximum Gasteiger partial charge on any atom is 0.225 e. The van der Waals surface area contributed by atoms with Crippen molar-refractivity contribution < 1.29 is 4.79 Å². The van der Waals surface area contributed by atoms with Crippen LogP contribution in [0.5, 0.6) is 0 Å². The van der Waals surface area contributed by atoms with Gasteiger partial charge in [-0.25, -0.2) is 0 Å². The fourth-order valence-electron chi connectivity index (χ4n) is 3.63. The Bertz CT molecular complexity index is 472. The van der Waals surface area contributed by atoms with Crippen molar-refractivity contribution in [2.24, 2.45) is 23.5 Å². The van der Waals surface area contributed by atoms with Crippen molar-refractivity contribution in [3.05, 3.63) is 34.9 Å². The number of fused-ring (bicyclic) bond motifs is 2. The predicted molar refractivity (Wildman–Crippen MR) is 75.6 cm³/mol. The van der Waals surface area contributed by atoms with Gasteiger partial charge in [-0.1, -0.05) is 23.7 Å². The molecule has 1 aromatic rings. The fraction of sp³-hybridized carbons (Fsp3) is 0.533. The van der Waals surface area contributed by atoms with E-state index in [0.717, 1.165) is 18.4 Å². The van der Waals surface area contributed by atoms with Gasteiger partial charge in [-0.2, -0.15) is 0 Å². The zero-order chi connectivity index (χ0) is 13.4. The van der Waals surface area contributed by atoms with E-state index >= 15 is 0 Å². The number of rotatable bonds is 3. The number of nitrogens with two attached hydrogens (primary N) is 1. The molecule has 0 aliphatic heterocycles. The fourth-order valence-corrected chi connectivity index (χ4v) is 3.76. The maximum absolute atomic E-state index is 12.3. The van der Waals surface area contributed by atoms with Gasteiger partial charge in [0.05, 0.1) is 5.92 Å². The molecule has 0 aromatic heterocycles. The Morgan fingerprint density at radius 1 is 1.26 bits per heavy atom. The summed E-state index contributed by atoms with van der Waals surface area (Å²) in [5.74, 6) is 1.21. The average molecular weight is 279 g/mol. The van der Waals surface area contributed by atoms with Crippen molar-refractivity contribution in [1.29, 1.82) is 0 Å². The molecule has 3 rings (SSSR count). The Kier molecular flexibility index (Phi) is 3.50. The van der Waals surface area contributed by atoms with Gasteiger partial charge in [0.2, 0.25) is 5.91 Å². The molecular formula is C15H19ClN2O. The van der Waals surface area contributed by atoms with E-state index in [4.69, 9.17) is 17.3 Å². The van der Waals surface area contributed by atoms with E-state index in [2.05, 4.69) is 5.32 Å². The van der Waals surface area contributed by atoms with Crippen LogP contribution in [-0.2, 0) is 11.3 Å². The average Bonchev–Trinajstić information content (AvgIpc) is 2.98.